The molecular weight excluding hydrogens is 262 g/mol. The number of benzene rings is 1. The molecule has 2 rings (SSSR count). The van der Waals surface area contributed by atoms with Crippen molar-refractivity contribution in [3.63, 3.8) is 0 Å². The predicted octanol–water partition coefficient (Wildman–Crippen LogP) is 2.89. The summed E-state index contributed by atoms with van der Waals surface area (Å²) in [5, 5.41) is 4.17. The Balaban J connectivity index is 2.33. The lowest BCUT2D eigenvalue weighted by Gasteiger charge is -2.33. The highest BCUT2D eigenvalue weighted by atomic mass is 16.1. The highest BCUT2D eigenvalue weighted by molar-refractivity contribution is 5.99. The smallest absolute Gasteiger partial charge is 0.251 e. The first-order valence-electron chi connectivity index (χ1n) is 7.40. The lowest BCUT2D eigenvalue weighted by Crippen LogP contribution is -2.55. The van der Waals surface area contributed by atoms with E-state index in [1.807, 2.05) is 32.0 Å². The highest BCUT2D eigenvalue weighted by Crippen LogP contribution is 2.23. The van der Waals surface area contributed by atoms with Crippen molar-refractivity contribution >= 4 is 16.8 Å². The van der Waals surface area contributed by atoms with Gasteiger partial charge in [-0.25, -0.2) is 0 Å². The molecule has 114 valence electrons. The first-order chi connectivity index (χ1) is 9.78. The first kappa shape index (κ1) is 15.6. The first-order valence-corrected chi connectivity index (χ1v) is 7.40. The minimum Gasteiger partial charge on any atom is -0.358 e. The summed E-state index contributed by atoms with van der Waals surface area (Å²) in [4.78, 5) is 15.8. The van der Waals surface area contributed by atoms with Crippen LogP contribution in [0.1, 0.15) is 42.4 Å². The van der Waals surface area contributed by atoms with E-state index in [0.717, 1.165) is 16.6 Å². The molecule has 1 unspecified atom stereocenters. The number of aryl methyl sites for hydroxylation is 2. The van der Waals surface area contributed by atoms with E-state index in [1.165, 1.54) is 5.56 Å². The van der Waals surface area contributed by atoms with Gasteiger partial charge in [0.25, 0.3) is 5.91 Å². The molecule has 0 saturated carbocycles. The summed E-state index contributed by atoms with van der Waals surface area (Å²) >= 11 is 0. The van der Waals surface area contributed by atoms with Crippen LogP contribution in [-0.4, -0.2) is 23.0 Å². The number of carbonyl (C=O) groups excluding carboxylic acids is 1. The number of H-pyrrole nitrogens is 1. The van der Waals surface area contributed by atoms with Gasteiger partial charge in [0.1, 0.15) is 0 Å². The number of fused-ring (bicyclic) bond motifs is 1. The van der Waals surface area contributed by atoms with E-state index in [9.17, 15) is 4.79 Å². The molecule has 0 fully saturated rings. The van der Waals surface area contributed by atoms with E-state index >= 15 is 0 Å². The maximum Gasteiger partial charge on any atom is 0.251 e. The fourth-order valence-corrected chi connectivity index (χ4v) is 2.37. The van der Waals surface area contributed by atoms with E-state index in [2.05, 4.69) is 31.1 Å². The molecule has 1 aromatic carbocycles. The molecule has 1 aromatic heterocycles. The van der Waals surface area contributed by atoms with E-state index in [4.69, 9.17) is 5.73 Å². The molecule has 4 N–H and O–H groups in total. The minimum absolute atomic E-state index is 0.0724. The Labute approximate surface area is 126 Å². The molecule has 2 aromatic rings. The maximum absolute atomic E-state index is 12.5. The van der Waals surface area contributed by atoms with E-state index < -0.39 is 5.54 Å². The quantitative estimate of drug-likeness (QED) is 0.809. The Kier molecular flexibility index (Phi) is 4.10. The van der Waals surface area contributed by atoms with Crippen molar-refractivity contribution in [1.29, 1.82) is 0 Å². The van der Waals surface area contributed by atoms with Gasteiger partial charge in [0.2, 0.25) is 0 Å². The average Bonchev–Trinajstić information content (AvgIpc) is 2.73. The Bertz CT molecular complexity index is 672. The van der Waals surface area contributed by atoms with Gasteiger partial charge < -0.3 is 16.0 Å². The lowest BCUT2D eigenvalue weighted by atomic mass is 9.88. The number of hydrogen-bond acceptors (Lipinski definition) is 2. The van der Waals surface area contributed by atoms with Gasteiger partial charge in [-0.2, -0.15) is 0 Å². The number of amides is 1. The zero-order valence-electron chi connectivity index (χ0n) is 13.5. The van der Waals surface area contributed by atoms with Crippen LogP contribution in [-0.2, 0) is 0 Å². The van der Waals surface area contributed by atoms with Crippen LogP contribution in [0.3, 0.4) is 0 Å². The normalized spacial score (nSPS) is 14.4. The van der Waals surface area contributed by atoms with E-state index in [1.54, 1.807) is 0 Å². The monoisotopic (exact) mass is 287 g/mol. The maximum atomic E-state index is 12.5. The fourth-order valence-electron chi connectivity index (χ4n) is 2.37. The number of hydrogen-bond donors (Lipinski definition) is 3. The van der Waals surface area contributed by atoms with Gasteiger partial charge in [-0.3, -0.25) is 4.79 Å². The van der Waals surface area contributed by atoms with Gasteiger partial charge in [-0.1, -0.05) is 13.8 Å². The van der Waals surface area contributed by atoms with Gasteiger partial charge in [0, 0.05) is 28.7 Å². The highest BCUT2D eigenvalue weighted by Gasteiger charge is 2.29. The Morgan fingerprint density at radius 1 is 1.38 bits per heavy atom. The van der Waals surface area contributed by atoms with Crippen molar-refractivity contribution in [3.8, 4) is 0 Å². The molecule has 0 aliphatic carbocycles. The summed E-state index contributed by atoms with van der Waals surface area (Å²) in [6.07, 6.45) is 0. The Morgan fingerprint density at radius 3 is 2.62 bits per heavy atom. The molecule has 0 aliphatic rings. The number of nitrogens with two attached hydrogens (primary N) is 1. The molecule has 0 spiro atoms. The lowest BCUT2D eigenvalue weighted by molar-refractivity contribution is 0.0883. The molecule has 4 heteroatoms. The third-order valence-electron chi connectivity index (χ3n) is 4.67. The zero-order valence-corrected chi connectivity index (χ0v) is 13.5. The third-order valence-corrected chi connectivity index (χ3v) is 4.67. The standard InChI is InChI=1S/C17H25N3O/c1-10(2)17(5,9-18)20-16(21)13-6-7-15-14(8-13)11(3)12(4)19-15/h6-8,10,19H,9,18H2,1-5H3,(H,20,21). The summed E-state index contributed by atoms with van der Waals surface area (Å²) in [5.41, 5.74) is 9.49. The molecule has 1 atom stereocenters. The Hall–Kier alpha value is -1.81. The van der Waals surface area contributed by atoms with Gasteiger partial charge in [-0.15, -0.1) is 0 Å². The largest absolute Gasteiger partial charge is 0.358 e. The molecule has 0 saturated heterocycles. The van der Waals surface area contributed by atoms with Crippen molar-refractivity contribution in [3.05, 3.63) is 35.0 Å². The zero-order chi connectivity index (χ0) is 15.8. The SMILES string of the molecule is Cc1[nH]c2ccc(C(=O)NC(C)(CN)C(C)C)cc2c1C. The van der Waals surface area contributed by atoms with E-state index in [0.29, 0.717) is 12.1 Å². The number of carbonyl (C=O) groups is 1. The predicted molar refractivity (Wildman–Crippen MR) is 87.5 cm³/mol. The molecular formula is C17H25N3O. The second-order valence-corrected chi connectivity index (χ2v) is 6.37. The van der Waals surface area contributed by atoms with Gasteiger partial charge in [0.15, 0.2) is 0 Å². The van der Waals surface area contributed by atoms with Crippen LogP contribution < -0.4 is 11.1 Å². The minimum atomic E-state index is -0.394. The van der Waals surface area contributed by atoms with Crippen LogP contribution in [0.15, 0.2) is 18.2 Å². The average molecular weight is 287 g/mol. The molecule has 21 heavy (non-hydrogen) atoms. The summed E-state index contributed by atoms with van der Waals surface area (Å²) in [7, 11) is 0. The summed E-state index contributed by atoms with van der Waals surface area (Å²) in [5.74, 6) is 0.197. The number of rotatable bonds is 4. The van der Waals surface area contributed by atoms with Crippen molar-refractivity contribution in [2.45, 2.75) is 40.2 Å². The summed E-state index contributed by atoms with van der Waals surface area (Å²) in [6, 6.07) is 5.75. The number of aromatic nitrogens is 1. The van der Waals surface area contributed by atoms with E-state index in [-0.39, 0.29) is 11.8 Å². The topological polar surface area (TPSA) is 70.9 Å². The second-order valence-electron chi connectivity index (χ2n) is 6.37. The Morgan fingerprint density at radius 2 is 2.05 bits per heavy atom. The third kappa shape index (κ3) is 2.81. The van der Waals surface area contributed by atoms with Crippen molar-refractivity contribution in [2.75, 3.05) is 6.54 Å². The molecule has 0 bridgehead atoms. The number of nitrogens with one attached hydrogen (secondary N) is 2. The molecule has 0 radical (unpaired) electrons. The summed E-state index contributed by atoms with van der Waals surface area (Å²) in [6.45, 7) is 10.6. The van der Waals surface area contributed by atoms with Crippen LogP contribution in [0, 0.1) is 19.8 Å². The van der Waals surface area contributed by atoms with Crippen molar-refractivity contribution in [1.82, 2.24) is 10.3 Å². The summed E-state index contributed by atoms with van der Waals surface area (Å²) < 4.78 is 0. The van der Waals surface area contributed by atoms with Crippen LogP contribution in [0.2, 0.25) is 0 Å². The van der Waals surface area contributed by atoms with Gasteiger partial charge >= 0.3 is 0 Å². The van der Waals surface area contributed by atoms with Crippen molar-refractivity contribution < 1.29 is 4.79 Å². The molecule has 0 aliphatic heterocycles. The molecule has 1 heterocycles. The van der Waals surface area contributed by atoms with Gasteiger partial charge in [0.05, 0.1) is 5.54 Å². The van der Waals surface area contributed by atoms with Crippen LogP contribution in [0.25, 0.3) is 10.9 Å². The number of aromatic amines is 1. The fraction of sp³-hybridized carbons (Fsp3) is 0.471. The second kappa shape index (κ2) is 5.53. The van der Waals surface area contributed by atoms with Crippen LogP contribution in [0.4, 0.5) is 0 Å². The molecule has 4 nitrogen and oxygen atoms in total. The van der Waals surface area contributed by atoms with Crippen LogP contribution >= 0.6 is 0 Å². The molecule has 1 amide bonds. The van der Waals surface area contributed by atoms with Gasteiger partial charge in [-0.05, 0) is 50.5 Å². The van der Waals surface area contributed by atoms with Crippen molar-refractivity contribution in [2.24, 2.45) is 11.7 Å². The van der Waals surface area contributed by atoms with Crippen LogP contribution in [0.5, 0.6) is 0 Å².